The van der Waals surface area contributed by atoms with E-state index in [1.807, 2.05) is 0 Å². The van der Waals surface area contributed by atoms with E-state index in [-0.39, 0.29) is 24.8 Å². The molecule has 24 heavy (non-hydrogen) atoms. The first kappa shape index (κ1) is 18.3. The first-order valence-electron chi connectivity index (χ1n) is 8.12. The fourth-order valence-electron chi connectivity index (χ4n) is 2.60. The van der Waals surface area contributed by atoms with Crippen molar-refractivity contribution < 1.29 is 23.1 Å². The molecule has 1 aromatic carbocycles. The zero-order valence-corrected chi connectivity index (χ0v) is 13.5. The summed E-state index contributed by atoms with van der Waals surface area (Å²) in [5, 5.41) is 2.66. The van der Waals surface area contributed by atoms with Crippen LogP contribution in [0.5, 0.6) is 0 Å². The summed E-state index contributed by atoms with van der Waals surface area (Å²) >= 11 is 0. The van der Waals surface area contributed by atoms with E-state index >= 15 is 0 Å². The van der Waals surface area contributed by atoms with Crippen LogP contribution in [0.3, 0.4) is 0 Å². The van der Waals surface area contributed by atoms with Gasteiger partial charge in [0.05, 0.1) is 24.3 Å². The van der Waals surface area contributed by atoms with Gasteiger partial charge in [-0.3, -0.25) is 9.59 Å². The maximum Gasteiger partial charge on any atom is 0.261 e. The molecule has 0 atom stereocenters. The summed E-state index contributed by atoms with van der Waals surface area (Å²) in [6.07, 6.45) is 0.513. The third-order valence-electron chi connectivity index (χ3n) is 3.79. The van der Waals surface area contributed by atoms with Crippen LogP contribution in [0.4, 0.5) is 14.5 Å². The van der Waals surface area contributed by atoms with E-state index in [9.17, 15) is 18.4 Å². The Labute approximate surface area is 140 Å². The van der Waals surface area contributed by atoms with Gasteiger partial charge < -0.3 is 15.0 Å². The van der Waals surface area contributed by atoms with Gasteiger partial charge in [0.1, 0.15) is 6.61 Å². The predicted molar refractivity (Wildman–Crippen MR) is 86.3 cm³/mol. The average Bonchev–Trinajstić information content (AvgIpc) is 2.59. The second kappa shape index (κ2) is 9.32. The topological polar surface area (TPSA) is 58.6 Å². The molecule has 0 radical (unpaired) electrons. The van der Waals surface area contributed by atoms with Crippen LogP contribution in [0, 0.1) is 0 Å². The zero-order chi connectivity index (χ0) is 17.4. The van der Waals surface area contributed by atoms with E-state index in [4.69, 9.17) is 4.74 Å². The lowest BCUT2D eigenvalue weighted by Gasteiger charge is -2.27. The molecule has 1 saturated heterocycles. The molecule has 1 aliphatic heterocycles. The van der Waals surface area contributed by atoms with Crippen molar-refractivity contribution in [3.8, 4) is 0 Å². The third-order valence-corrected chi connectivity index (χ3v) is 3.79. The minimum absolute atomic E-state index is 0.0427. The van der Waals surface area contributed by atoms with Gasteiger partial charge in [0.2, 0.25) is 5.91 Å². The lowest BCUT2D eigenvalue weighted by atomic mass is 10.1. The second-order valence-electron chi connectivity index (χ2n) is 5.66. The number of benzene rings is 1. The molecule has 0 saturated carbocycles. The molecule has 2 amide bonds. The van der Waals surface area contributed by atoms with E-state index in [0.717, 1.165) is 32.4 Å². The standard InChI is InChI=1S/C17H22F2N2O3/c18-15(19)12-24-11-8-16(22)20-14-7-3-2-6-13(14)17(23)21-9-4-1-5-10-21/h2-3,6-7,15H,1,4-5,8-12H2,(H,20,22). The number of carbonyl (C=O) groups excluding carboxylic acids is 2. The highest BCUT2D eigenvalue weighted by molar-refractivity contribution is 6.03. The largest absolute Gasteiger partial charge is 0.375 e. The van der Waals surface area contributed by atoms with E-state index in [0.29, 0.717) is 11.3 Å². The van der Waals surface area contributed by atoms with Crippen molar-refractivity contribution in [3.05, 3.63) is 29.8 Å². The number of amides is 2. The number of nitrogens with zero attached hydrogens (tertiary/aromatic N) is 1. The van der Waals surface area contributed by atoms with E-state index in [1.54, 1.807) is 29.2 Å². The fraction of sp³-hybridized carbons (Fsp3) is 0.529. The van der Waals surface area contributed by atoms with Crippen LogP contribution < -0.4 is 5.32 Å². The first-order chi connectivity index (χ1) is 11.6. The number of alkyl halides is 2. The van der Waals surface area contributed by atoms with Crippen molar-refractivity contribution >= 4 is 17.5 Å². The molecular weight excluding hydrogens is 318 g/mol. The summed E-state index contributed by atoms with van der Waals surface area (Å²) in [6, 6.07) is 6.82. The molecule has 1 fully saturated rings. The lowest BCUT2D eigenvalue weighted by Crippen LogP contribution is -2.36. The molecule has 1 N–H and O–H groups in total. The molecule has 1 heterocycles. The highest BCUT2D eigenvalue weighted by Gasteiger charge is 2.21. The average molecular weight is 340 g/mol. The molecular formula is C17H22F2N2O3. The highest BCUT2D eigenvalue weighted by Crippen LogP contribution is 2.20. The van der Waals surface area contributed by atoms with Gasteiger partial charge in [-0.15, -0.1) is 0 Å². The molecule has 2 rings (SSSR count). The quantitative estimate of drug-likeness (QED) is 0.777. The number of hydrogen-bond acceptors (Lipinski definition) is 3. The predicted octanol–water partition coefficient (Wildman–Crippen LogP) is 2.92. The van der Waals surface area contributed by atoms with Crippen molar-refractivity contribution in [2.24, 2.45) is 0 Å². The molecule has 1 aromatic rings. The number of carbonyl (C=O) groups is 2. The molecule has 7 heteroatoms. The molecule has 0 spiro atoms. The Hall–Kier alpha value is -2.02. The van der Waals surface area contributed by atoms with Crippen LogP contribution in [0.15, 0.2) is 24.3 Å². The Kier molecular flexibility index (Phi) is 7.11. The Morgan fingerprint density at radius 3 is 2.58 bits per heavy atom. The fourth-order valence-corrected chi connectivity index (χ4v) is 2.60. The smallest absolute Gasteiger partial charge is 0.261 e. The molecule has 0 aliphatic carbocycles. The number of halogens is 2. The van der Waals surface area contributed by atoms with Crippen LogP contribution >= 0.6 is 0 Å². The number of hydrogen-bond donors (Lipinski definition) is 1. The molecule has 0 bridgehead atoms. The summed E-state index contributed by atoms with van der Waals surface area (Å²) in [7, 11) is 0. The summed E-state index contributed by atoms with van der Waals surface area (Å²) in [6.45, 7) is 0.681. The molecule has 132 valence electrons. The number of piperidine rings is 1. The number of rotatable bonds is 7. The van der Waals surface area contributed by atoms with Gasteiger partial charge >= 0.3 is 0 Å². The van der Waals surface area contributed by atoms with Crippen LogP contribution in [-0.4, -0.2) is 49.4 Å². The molecule has 5 nitrogen and oxygen atoms in total. The third kappa shape index (κ3) is 5.56. The lowest BCUT2D eigenvalue weighted by molar-refractivity contribution is -0.117. The van der Waals surface area contributed by atoms with E-state index in [2.05, 4.69) is 5.32 Å². The highest BCUT2D eigenvalue weighted by atomic mass is 19.3. The monoisotopic (exact) mass is 340 g/mol. The number of nitrogens with one attached hydrogen (secondary N) is 1. The second-order valence-corrected chi connectivity index (χ2v) is 5.66. The minimum Gasteiger partial charge on any atom is -0.375 e. The van der Waals surface area contributed by atoms with Crippen molar-refractivity contribution in [2.75, 3.05) is 31.6 Å². The Bertz CT molecular complexity index is 561. The van der Waals surface area contributed by atoms with Crippen molar-refractivity contribution in [1.82, 2.24) is 4.90 Å². The SMILES string of the molecule is O=C(CCOCC(F)F)Nc1ccccc1C(=O)N1CCCCC1. The Balaban J connectivity index is 1.93. The van der Waals surface area contributed by atoms with E-state index in [1.165, 1.54) is 0 Å². The summed E-state index contributed by atoms with van der Waals surface area (Å²) in [5.74, 6) is -0.470. The van der Waals surface area contributed by atoms with Gasteiger partial charge in [-0.25, -0.2) is 8.78 Å². The maximum atomic E-state index is 12.6. The maximum absolute atomic E-state index is 12.6. The van der Waals surface area contributed by atoms with Gasteiger partial charge in [-0.2, -0.15) is 0 Å². The van der Waals surface area contributed by atoms with E-state index < -0.39 is 13.0 Å². The van der Waals surface area contributed by atoms with Gasteiger partial charge in [0.25, 0.3) is 12.3 Å². The molecule has 0 aromatic heterocycles. The first-order valence-corrected chi connectivity index (χ1v) is 8.12. The Morgan fingerprint density at radius 1 is 1.17 bits per heavy atom. The van der Waals surface area contributed by atoms with Gasteiger partial charge in [-0.1, -0.05) is 12.1 Å². The van der Waals surface area contributed by atoms with Crippen molar-refractivity contribution in [2.45, 2.75) is 32.1 Å². The summed E-state index contributed by atoms with van der Waals surface area (Å²) in [5.41, 5.74) is 0.883. The Morgan fingerprint density at radius 2 is 1.88 bits per heavy atom. The van der Waals surface area contributed by atoms with Crippen LogP contribution in [-0.2, 0) is 9.53 Å². The van der Waals surface area contributed by atoms with Crippen LogP contribution in [0.1, 0.15) is 36.0 Å². The number of likely N-dealkylation sites (tertiary alicyclic amines) is 1. The van der Waals surface area contributed by atoms with Crippen molar-refractivity contribution in [1.29, 1.82) is 0 Å². The zero-order valence-electron chi connectivity index (χ0n) is 13.5. The summed E-state index contributed by atoms with van der Waals surface area (Å²) < 4.78 is 28.6. The van der Waals surface area contributed by atoms with Gasteiger partial charge in [-0.05, 0) is 31.4 Å². The van der Waals surface area contributed by atoms with Crippen LogP contribution in [0.2, 0.25) is 0 Å². The minimum atomic E-state index is -2.55. The number of ether oxygens (including phenoxy) is 1. The van der Waals surface area contributed by atoms with Gasteiger partial charge in [0.15, 0.2) is 0 Å². The van der Waals surface area contributed by atoms with Crippen molar-refractivity contribution in [3.63, 3.8) is 0 Å². The summed E-state index contributed by atoms with van der Waals surface area (Å²) in [4.78, 5) is 26.3. The van der Waals surface area contributed by atoms with Gasteiger partial charge in [0, 0.05) is 13.1 Å². The molecule has 1 aliphatic rings. The molecule has 0 unspecified atom stereocenters. The normalized spacial score (nSPS) is 14.7. The van der Waals surface area contributed by atoms with Crippen LogP contribution in [0.25, 0.3) is 0 Å². The number of para-hydroxylation sites is 1. The number of anilines is 1.